The van der Waals surface area contributed by atoms with Crippen LogP contribution < -0.4 is 10.6 Å². The summed E-state index contributed by atoms with van der Waals surface area (Å²) in [7, 11) is 0. The summed E-state index contributed by atoms with van der Waals surface area (Å²) in [4.78, 5) is 39.4. The lowest BCUT2D eigenvalue weighted by Gasteiger charge is -2.07. The van der Waals surface area contributed by atoms with Crippen molar-refractivity contribution in [3.8, 4) is 0 Å². The van der Waals surface area contributed by atoms with E-state index in [-0.39, 0.29) is 23.8 Å². The van der Waals surface area contributed by atoms with E-state index < -0.39 is 11.2 Å². The Kier molecular flexibility index (Phi) is 5.56. The summed E-state index contributed by atoms with van der Waals surface area (Å²) in [5, 5.41) is 14.2. The van der Waals surface area contributed by atoms with E-state index in [9.17, 15) is 14.4 Å². The van der Waals surface area contributed by atoms with Crippen LogP contribution >= 0.6 is 11.8 Å². The molecule has 0 bridgehead atoms. The van der Waals surface area contributed by atoms with E-state index in [0.29, 0.717) is 16.5 Å². The van der Waals surface area contributed by atoms with Gasteiger partial charge in [-0.3, -0.25) is 9.59 Å². The number of carboxylic acid groups (broad SMARTS) is 1. The normalized spacial score (nSPS) is 17.6. The van der Waals surface area contributed by atoms with Crippen molar-refractivity contribution in [2.75, 3.05) is 5.32 Å². The zero-order chi connectivity index (χ0) is 19.4. The standard InChI is InChI=1S/C19H17N3O4S/c1-11-3-2-4-14(9-11)20-16(23)10-15-17(24)22-19(27-15)21-13-7-5-12(6-8-13)18(25)26/h2-9,15H,10H2,1H3,(H,20,23)(H,25,26)(H,21,22,24)/t15-/m1/s1. The van der Waals surface area contributed by atoms with Crippen LogP contribution in [0.2, 0.25) is 0 Å². The van der Waals surface area contributed by atoms with Gasteiger partial charge in [-0.25, -0.2) is 9.79 Å². The van der Waals surface area contributed by atoms with Gasteiger partial charge in [-0.15, -0.1) is 0 Å². The molecule has 2 amide bonds. The second-order valence-electron chi connectivity index (χ2n) is 5.99. The fraction of sp³-hybridized carbons (Fsp3) is 0.158. The number of anilines is 1. The molecule has 1 heterocycles. The van der Waals surface area contributed by atoms with Crippen LogP contribution in [0.25, 0.3) is 0 Å². The number of carboxylic acids is 1. The van der Waals surface area contributed by atoms with Crippen molar-refractivity contribution in [3.05, 3.63) is 59.7 Å². The molecule has 0 aromatic heterocycles. The van der Waals surface area contributed by atoms with Crippen molar-refractivity contribution >= 4 is 46.1 Å². The number of hydrogen-bond donors (Lipinski definition) is 3. The fourth-order valence-electron chi connectivity index (χ4n) is 2.49. The molecule has 2 aromatic carbocycles. The van der Waals surface area contributed by atoms with Gasteiger partial charge < -0.3 is 15.7 Å². The van der Waals surface area contributed by atoms with Crippen LogP contribution in [0.1, 0.15) is 22.3 Å². The second-order valence-corrected chi connectivity index (χ2v) is 7.18. The van der Waals surface area contributed by atoms with Crippen molar-refractivity contribution in [3.63, 3.8) is 0 Å². The maximum atomic E-state index is 12.2. The Morgan fingerprint density at radius 3 is 2.63 bits per heavy atom. The summed E-state index contributed by atoms with van der Waals surface area (Å²) < 4.78 is 0. The molecule has 138 valence electrons. The minimum atomic E-state index is -1.02. The van der Waals surface area contributed by atoms with Gasteiger partial charge in [0.25, 0.3) is 0 Å². The Morgan fingerprint density at radius 2 is 1.96 bits per heavy atom. The molecule has 0 aliphatic carbocycles. The number of thioether (sulfide) groups is 1. The third-order valence-electron chi connectivity index (χ3n) is 3.79. The number of amidine groups is 1. The SMILES string of the molecule is Cc1cccc(NC(=O)C[C@H]2SC(=Nc3ccc(C(=O)O)cc3)NC2=O)c1. The molecule has 1 saturated heterocycles. The van der Waals surface area contributed by atoms with Gasteiger partial charge in [0.1, 0.15) is 5.25 Å². The highest BCUT2D eigenvalue weighted by molar-refractivity contribution is 8.15. The first-order valence-electron chi connectivity index (χ1n) is 8.17. The van der Waals surface area contributed by atoms with Gasteiger partial charge in [0.2, 0.25) is 11.8 Å². The van der Waals surface area contributed by atoms with Gasteiger partial charge in [0.05, 0.1) is 11.3 Å². The molecule has 0 saturated carbocycles. The largest absolute Gasteiger partial charge is 0.478 e. The lowest BCUT2D eigenvalue weighted by molar-refractivity contribution is -0.122. The van der Waals surface area contributed by atoms with Crippen molar-refractivity contribution < 1.29 is 19.5 Å². The molecular formula is C19H17N3O4S. The zero-order valence-corrected chi connectivity index (χ0v) is 15.2. The molecule has 1 fully saturated rings. The van der Waals surface area contributed by atoms with Crippen molar-refractivity contribution in [2.45, 2.75) is 18.6 Å². The van der Waals surface area contributed by atoms with Gasteiger partial charge in [0.15, 0.2) is 5.17 Å². The molecule has 8 heteroatoms. The predicted molar refractivity (Wildman–Crippen MR) is 104 cm³/mol. The quantitative estimate of drug-likeness (QED) is 0.736. The van der Waals surface area contributed by atoms with Gasteiger partial charge in [-0.05, 0) is 48.9 Å². The number of nitrogens with one attached hydrogen (secondary N) is 2. The van der Waals surface area contributed by atoms with Gasteiger partial charge >= 0.3 is 5.97 Å². The minimum Gasteiger partial charge on any atom is -0.478 e. The van der Waals surface area contributed by atoms with Crippen molar-refractivity contribution in [1.29, 1.82) is 0 Å². The topological polar surface area (TPSA) is 108 Å². The molecule has 2 aromatic rings. The number of hydrogen-bond acceptors (Lipinski definition) is 5. The Bertz CT molecular complexity index is 925. The molecule has 27 heavy (non-hydrogen) atoms. The molecule has 7 nitrogen and oxygen atoms in total. The van der Waals surface area contributed by atoms with Crippen LogP contribution in [0.3, 0.4) is 0 Å². The molecule has 3 rings (SSSR count). The van der Waals surface area contributed by atoms with Crippen molar-refractivity contribution in [2.24, 2.45) is 4.99 Å². The van der Waals surface area contributed by atoms with Gasteiger partial charge in [-0.1, -0.05) is 23.9 Å². The third kappa shape index (κ3) is 4.95. The van der Waals surface area contributed by atoms with Gasteiger partial charge in [-0.2, -0.15) is 0 Å². The summed E-state index contributed by atoms with van der Waals surface area (Å²) in [6.45, 7) is 1.93. The molecule has 1 atom stereocenters. The average molecular weight is 383 g/mol. The zero-order valence-electron chi connectivity index (χ0n) is 14.4. The van der Waals surface area contributed by atoms with E-state index in [1.165, 1.54) is 23.9 Å². The number of aryl methyl sites for hydroxylation is 1. The number of aliphatic imine (C=N–C) groups is 1. The number of rotatable bonds is 5. The van der Waals surface area contributed by atoms with E-state index in [1.807, 2.05) is 25.1 Å². The number of carbonyl (C=O) groups excluding carboxylic acids is 2. The highest BCUT2D eigenvalue weighted by atomic mass is 32.2. The maximum Gasteiger partial charge on any atom is 0.335 e. The van der Waals surface area contributed by atoms with Crippen molar-refractivity contribution in [1.82, 2.24) is 5.32 Å². The average Bonchev–Trinajstić information content (AvgIpc) is 2.94. The molecular weight excluding hydrogens is 366 g/mol. The highest BCUT2D eigenvalue weighted by Gasteiger charge is 2.32. The van der Waals surface area contributed by atoms with E-state index in [1.54, 1.807) is 18.2 Å². The summed E-state index contributed by atoms with van der Waals surface area (Å²) in [6.07, 6.45) is 0.0292. The van der Waals surface area contributed by atoms with E-state index in [0.717, 1.165) is 5.56 Å². The fourth-order valence-corrected chi connectivity index (χ4v) is 3.48. The Hall–Kier alpha value is -3.13. The van der Waals surface area contributed by atoms with Crippen LogP contribution in [0.15, 0.2) is 53.5 Å². The second kappa shape index (κ2) is 8.05. The van der Waals surface area contributed by atoms with Gasteiger partial charge in [0, 0.05) is 12.1 Å². The van der Waals surface area contributed by atoms with Crippen LogP contribution in [-0.4, -0.2) is 33.3 Å². The minimum absolute atomic E-state index is 0.0292. The predicted octanol–water partition coefficient (Wildman–Crippen LogP) is 2.94. The van der Waals surface area contributed by atoms with Crippen LogP contribution in [0.4, 0.5) is 11.4 Å². The molecule has 0 spiro atoms. The molecule has 1 aliphatic rings. The number of carbonyl (C=O) groups is 3. The summed E-state index contributed by atoms with van der Waals surface area (Å²) >= 11 is 1.18. The highest BCUT2D eigenvalue weighted by Crippen LogP contribution is 2.25. The number of nitrogens with zero attached hydrogens (tertiary/aromatic N) is 1. The molecule has 3 N–H and O–H groups in total. The van der Waals surface area contributed by atoms with Crippen LogP contribution in [-0.2, 0) is 9.59 Å². The lowest BCUT2D eigenvalue weighted by atomic mass is 10.2. The Labute approximate surface area is 159 Å². The summed E-state index contributed by atoms with van der Waals surface area (Å²) in [6, 6.07) is 13.4. The first kappa shape index (κ1) is 18.7. The van der Waals surface area contributed by atoms with E-state index >= 15 is 0 Å². The molecule has 1 aliphatic heterocycles. The number of amides is 2. The van der Waals surface area contributed by atoms with E-state index in [2.05, 4.69) is 15.6 Å². The molecule has 0 unspecified atom stereocenters. The number of aromatic carboxylic acids is 1. The smallest absolute Gasteiger partial charge is 0.335 e. The third-order valence-corrected chi connectivity index (χ3v) is 4.88. The van der Waals surface area contributed by atoms with E-state index in [4.69, 9.17) is 5.11 Å². The number of benzene rings is 2. The summed E-state index contributed by atoms with van der Waals surface area (Å²) in [5.74, 6) is -1.54. The Balaban J connectivity index is 1.61. The van der Waals surface area contributed by atoms with Crippen LogP contribution in [0, 0.1) is 6.92 Å². The first-order valence-corrected chi connectivity index (χ1v) is 9.05. The monoisotopic (exact) mass is 383 g/mol. The molecule has 0 radical (unpaired) electrons. The first-order chi connectivity index (χ1) is 12.9. The lowest BCUT2D eigenvalue weighted by Crippen LogP contribution is -2.28. The Morgan fingerprint density at radius 1 is 1.22 bits per heavy atom. The maximum absolute atomic E-state index is 12.2. The summed E-state index contributed by atoms with van der Waals surface area (Å²) in [5.41, 5.74) is 2.40. The van der Waals surface area contributed by atoms with Crippen LogP contribution in [0.5, 0.6) is 0 Å².